The predicted octanol–water partition coefficient (Wildman–Crippen LogP) is 2.39. The molecule has 0 saturated carbocycles. The quantitative estimate of drug-likeness (QED) is 0.735. The molecule has 2 heterocycles. The second-order valence-corrected chi connectivity index (χ2v) is 7.05. The van der Waals surface area contributed by atoms with Crippen molar-refractivity contribution in [1.82, 2.24) is 19.7 Å². The Morgan fingerprint density at radius 1 is 1.14 bits per heavy atom. The zero-order valence-electron chi connectivity index (χ0n) is 11.5. The fraction of sp³-hybridized carbons (Fsp3) is 0.0714. The molecule has 3 aromatic rings. The van der Waals surface area contributed by atoms with Gasteiger partial charge in [0.05, 0.1) is 15.6 Å². The van der Waals surface area contributed by atoms with E-state index in [0.717, 1.165) is 11.9 Å². The number of hydrogen-bond donors (Lipinski definition) is 0. The second-order valence-electron chi connectivity index (χ2n) is 4.63. The molecule has 0 aliphatic carbocycles. The van der Waals surface area contributed by atoms with Crippen molar-refractivity contribution in [3.63, 3.8) is 0 Å². The Kier molecular flexibility index (Phi) is 3.67. The number of benzene rings is 1. The van der Waals surface area contributed by atoms with Crippen molar-refractivity contribution in [3.8, 4) is 17.2 Å². The van der Waals surface area contributed by atoms with Gasteiger partial charge in [0.15, 0.2) is 15.7 Å². The SMILES string of the molecule is CS(=O)(=O)c1ccc(-c2nncn2-c2ccccc2Cl)nc1. The topological polar surface area (TPSA) is 77.7 Å². The molecular formula is C14H11ClN4O2S. The molecule has 0 atom stereocenters. The molecule has 0 radical (unpaired) electrons. The highest BCUT2D eigenvalue weighted by molar-refractivity contribution is 7.90. The summed E-state index contributed by atoms with van der Waals surface area (Å²) in [5.74, 6) is 0.480. The second kappa shape index (κ2) is 5.51. The molecule has 112 valence electrons. The Labute approximate surface area is 132 Å². The van der Waals surface area contributed by atoms with Gasteiger partial charge in [-0.3, -0.25) is 9.55 Å². The molecule has 8 heteroatoms. The zero-order valence-corrected chi connectivity index (χ0v) is 13.1. The summed E-state index contributed by atoms with van der Waals surface area (Å²) in [5.41, 5.74) is 1.22. The monoisotopic (exact) mass is 334 g/mol. The van der Waals surface area contributed by atoms with Crippen molar-refractivity contribution in [2.45, 2.75) is 4.90 Å². The van der Waals surface area contributed by atoms with E-state index in [1.165, 1.54) is 18.6 Å². The Morgan fingerprint density at radius 3 is 2.55 bits per heavy atom. The molecule has 3 rings (SSSR count). The molecule has 0 bridgehead atoms. The van der Waals surface area contributed by atoms with Gasteiger partial charge >= 0.3 is 0 Å². The average Bonchev–Trinajstić information content (AvgIpc) is 2.96. The number of rotatable bonds is 3. The number of pyridine rings is 1. The van der Waals surface area contributed by atoms with Crippen molar-refractivity contribution in [1.29, 1.82) is 0 Å². The first kappa shape index (κ1) is 14.7. The first-order valence-corrected chi connectivity index (χ1v) is 8.55. The van der Waals surface area contributed by atoms with Crippen molar-refractivity contribution in [2.75, 3.05) is 6.26 Å². The largest absolute Gasteiger partial charge is 0.279 e. The molecular weight excluding hydrogens is 324 g/mol. The van der Waals surface area contributed by atoms with E-state index in [0.29, 0.717) is 16.5 Å². The summed E-state index contributed by atoms with van der Waals surface area (Å²) in [6, 6.07) is 10.4. The molecule has 22 heavy (non-hydrogen) atoms. The van der Waals surface area contributed by atoms with Gasteiger partial charge < -0.3 is 0 Å². The Morgan fingerprint density at radius 2 is 1.91 bits per heavy atom. The van der Waals surface area contributed by atoms with Crippen molar-refractivity contribution in [2.24, 2.45) is 0 Å². The number of para-hydroxylation sites is 1. The van der Waals surface area contributed by atoms with Gasteiger partial charge in [-0.15, -0.1) is 10.2 Å². The summed E-state index contributed by atoms with van der Waals surface area (Å²) in [6.07, 6.45) is 3.97. The van der Waals surface area contributed by atoms with Gasteiger partial charge in [-0.05, 0) is 24.3 Å². The van der Waals surface area contributed by atoms with E-state index < -0.39 is 9.84 Å². The van der Waals surface area contributed by atoms with Gasteiger partial charge in [-0.25, -0.2) is 8.42 Å². The molecule has 6 nitrogen and oxygen atoms in total. The maximum absolute atomic E-state index is 11.5. The van der Waals surface area contributed by atoms with Crippen LogP contribution in [0, 0.1) is 0 Å². The van der Waals surface area contributed by atoms with E-state index in [1.807, 2.05) is 18.2 Å². The fourth-order valence-corrected chi connectivity index (χ4v) is 2.75. The smallest absolute Gasteiger partial charge is 0.187 e. The minimum absolute atomic E-state index is 0.153. The minimum atomic E-state index is -3.28. The van der Waals surface area contributed by atoms with E-state index in [4.69, 9.17) is 11.6 Å². The molecule has 0 spiro atoms. The summed E-state index contributed by atoms with van der Waals surface area (Å²) in [4.78, 5) is 4.31. The summed E-state index contributed by atoms with van der Waals surface area (Å²) in [5, 5.41) is 8.47. The minimum Gasteiger partial charge on any atom is -0.279 e. The molecule has 0 fully saturated rings. The third kappa shape index (κ3) is 2.72. The van der Waals surface area contributed by atoms with Crippen molar-refractivity contribution >= 4 is 21.4 Å². The fourth-order valence-electron chi connectivity index (χ4n) is 1.96. The van der Waals surface area contributed by atoms with Crippen LogP contribution in [0.25, 0.3) is 17.2 Å². The predicted molar refractivity (Wildman–Crippen MR) is 82.7 cm³/mol. The lowest BCUT2D eigenvalue weighted by molar-refractivity contribution is 0.601. The summed E-state index contributed by atoms with van der Waals surface area (Å²) in [7, 11) is -3.28. The van der Waals surface area contributed by atoms with Crippen LogP contribution in [0.1, 0.15) is 0 Å². The van der Waals surface area contributed by atoms with Gasteiger partial charge in [0.25, 0.3) is 0 Å². The lowest BCUT2D eigenvalue weighted by Crippen LogP contribution is -2.01. The Bertz CT molecular complexity index is 920. The van der Waals surface area contributed by atoms with E-state index >= 15 is 0 Å². The number of sulfone groups is 1. The molecule has 0 saturated heterocycles. The third-order valence-corrected chi connectivity index (χ3v) is 4.47. The molecule has 0 amide bonds. The van der Waals surface area contributed by atoms with Crippen molar-refractivity contribution in [3.05, 3.63) is 53.9 Å². The molecule has 0 aliphatic heterocycles. The third-order valence-electron chi connectivity index (χ3n) is 3.05. The molecule has 0 unspecified atom stereocenters. The van der Waals surface area contributed by atoms with Gasteiger partial charge in [0, 0.05) is 12.5 Å². The van der Waals surface area contributed by atoms with Gasteiger partial charge in [0.2, 0.25) is 0 Å². The maximum Gasteiger partial charge on any atom is 0.187 e. The van der Waals surface area contributed by atoms with Crippen molar-refractivity contribution < 1.29 is 8.42 Å². The standard InChI is InChI=1S/C14H11ClN4O2S/c1-22(20,21)10-6-7-12(16-8-10)14-18-17-9-19(14)13-5-3-2-4-11(13)15/h2-9H,1H3. The van der Waals surface area contributed by atoms with Gasteiger partial charge in [0.1, 0.15) is 12.0 Å². The number of halogens is 1. The Balaban J connectivity index is 2.08. The van der Waals surface area contributed by atoms with E-state index in [-0.39, 0.29) is 4.90 Å². The van der Waals surface area contributed by atoms with Crippen LogP contribution in [0.3, 0.4) is 0 Å². The molecule has 1 aromatic carbocycles. The van der Waals surface area contributed by atoms with Gasteiger partial charge in [-0.1, -0.05) is 23.7 Å². The summed E-state index contributed by atoms with van der Waals surface area (Å²) in [6.45, 7) is 0. The van der Waals surface area contributed by atoms with Crippen LogP contribution in [0.2, 0.25) is 5.02 Å². The van der Waals surface area contributed by atoms with Gasteiger partial charge in [-0.2, -0.15) is 0 Å². The zero-order chi connectivity index (χ0) is 15.7. The first-order valence-electron chi connectivity index (χ1n) is 6.28. The van der Waals surface area contributed by atoms with E-state index in [2.05, 4.69) is 15.2 Å². The maximum atomic E-state index is 11.5. The summed E-state index contributed by atoms with van der Waals surface area (Å²) >= 11 is 6.18. The number of hydrogen-bond acceptors (Lipinski definition) is 5. The molecule has 2 aromatic heterocycles. The lowest BCUT2D eigenvalue weighted by Gasteiger charge is -2.08. The molecule has 0 N–H and O–H groups in total. The van der Waals surface area contributed by atoms with Crippen LogP contribution in [-0.4, -0.2) is 34.4 Å². The lowest BCUT2D eigenvalue weighted by atomic mass is 10.3. The number of aromatic nitrogens is 4. The van der Waals surface area contributed by atoms with Crippen LogP contribution in [0.5, 0.6) is 0 Å². The highest BCUT2D eigenvalue weighted by Crippen LogP contribution is 2.24. The highest BCUT2D eigenvalue weighted by atomic mass is 35.5. The van der Waals surface area contributed by atoms with Crippen LogP contribution in [0.15, 0.2) is 53.8 Å². The van der Waals surface area contributed by atoms with Crippen LogP contribution in [-0.2, 0) is 9.84 Å². The number of nitrogens with zero attached hydrogens (tertiary/aromatic N) is 4. The van der Waals surface area contributed by atoms with E-state index in [1.54, 1.807) is 16.7 Å². The van der Waals surface area contributed by atoms with Crippen LogP contribution < -0.4 is 0 Å². The summed E-state index contributed by atoms with van der Waals surface area (Å²) < 4.78 is 24.6. The normalized spacial score (nSPS) is 11.5. The average molecular weight is 335 g/mol. The van der Waals surface area contributed by atoms with Crippen LogP contribution >= 0.6 is 11.6 Å². The Hall–Kier alpha value is -2.25. The molecule has 0 aliphatic rings. The highest BCUT2D eigenvalue weighted by Gasteiger charge is 2.14. The van der Waals surface area contributed by atoms with E-state index in [9.17, 15) is 8.42 Å². The first-order chi connectivity index (χ1) is 10.5. The van der Waals surface area contributed by atoms with Crippen LogP contribution in [0.4, 0.5) is 0 Å².